The van der Waals surface area contributed by atoms with Crippen LogP contribution in [0, 0.1) is 0 Å². The summed E-state index contributed by atoms with van der Waals surface area (Å²) in [5, 5.41) is 0. The van der Waals surface area contributed by atoms with Crippen molar-refractivity contribution in [1.82, 2.24) is 4.98 Å². The number of hydrogen-bond acceptors (Lipinski definition) is 4. The maximum absolute atomic E-state index is 11.6. The number of benzene rings is 1. The fraction of sp³-hybridized carbons (Fsp3) is 0.182. The maximum atomic E-state index is 11.6. The molecule has 1 saturated heterocycles. The van der Waals surface area contributed by atoms with Gasteiger partial charge in [0.15, 0.2) is 0 Å². The molecule has 5 heteroatoms. The first-order valence-corrected chi connectivity index (χ1v) is 5.83. The molecule has 0 atom stereocenters. The first-order chi connectivity index (χ1) is 7.75. The van der Waals surface area contributed by atoms with E-state index in [1.165, 1.54) is 16.2 Å². The van der Waals surface area contributed by atoms with Gasteiger partial charge in [0.2, 0.25) is 11.8 Å². The molecule has 2 heterocycles. The van der Waals surface area contributed by atoms with Gasteiger partial charge in [-0.15, -0.1) is 11.3 Å². The van der Waals surface area contributed by atoms with Crippen molar-refractivity contribution in [3.05, 3.63) is 23.7 Å². The Hall–Kier alpha value is -1.75. The van der Waals surface area contributed by atoms with E-state index < -0.39 is 0 Å². The number of carbonyl (C=O) groups is 2. The molecule has 2 amide bonds. The van der Waals surface area contributed by atoms with Gasteiger partial charge in [0.1, 0.15) is 0 Å². The zero-order valence-electron chi connectivity index (χ0n) is 8.34. The number of fused-ring (bicyclic) bond motifs is 1. The molecular weight excluding hydrogens is 224 g/mol. The molecule has 1 aromatic carbocycles. The number of rotatable bonds is 1. The van der Waals surface area contributed by atoms with Gasteiger partial charge in [0.25, 0.3) is 0 Å². The molecule has 0 radical (unpaired) electrons. The second-order valence-corrected chi connectivity index (χ2v) is 4.51. The Kier molecular flexibility index (Phi) is 2.00. The van der Waals surface area contributed by atoms with Crippen LogP contribution in [-0.4, -0.2) is 16.8 Å². The molecule has 4 nitrogen and oxygen atoms in total. The number of nitrogens with zero attached hydrogens (tertiary/aromatic N) is 2. The third-order valence-electron chi connectivity index (χ3n) is 2.62. The summed E-state index contributed by atoms with van der Waals surface area (Å²) in [6.45, 7) is 0. The van der Waals surface area contributed by atoms with Crippen LogP contribution in [0.5, 0.6) is 0 Å². The highest BCUT2D eigenvalue weighted by molar-refractivity contribution is 7.16. The van der Waals surface area contributed by atoms with Gasteiger partial charge in [-0.05, 0) is 18.2 Å². The Labute approximate surface area is 95.5 Å². The number of thiazole rings is 1. The molecule has 0 unspecified atom stereocenters. The summed E-state index contributed by atoms with van der Waals surface area (Å²) in [4.78, 5) is 28.5. The summed E-state index contributed by atoms with van der Waals surface area (Å²) in [7, 11) is 0. The van der Waals surface area contributed by atoms with Crippen molar-refractivity contribution in [2.45, 2.75) is 12.8 Å². The summed E-state index contributed by atoms with van der Waals surface area (Å²) in [5.41, 5.74) is 3.30. The minimum atomic E-state index is -0.117. The van der Waals surface area contributed by atoms with Crippen molar-refractivity contribution in [1.29, 1.82) is 0 Å². The van der Waals surface area contributed by atoms with Crippen molar-refractivity contribution >= 4 is 39.1 Å². The Morgan fingerprint density at radius 2 is 1.94 bits per heavy atom. The average molecular weight is 232 g/mol. The van der Waals surface area contributed by atoms with E-state index in [1.54, 1.807) is 11.6 Å². The molecule has 16 heavy (non-hydrogen) atoms. The predicted octanol–water partition coefficient (Wildman–Crippen LogP) is 1.95. The van der Waals surface area contributed by atoms with Gasteiger partial charge in [-0.3, -0.25) is 14.5 Å². The second-order valence-electron chi connectivity index (χ2n) is 3.63. The first kappa shape index (κ1) is 9.47. The Morgan fingerprint density at radius 1 is 1.19 bits per heavy atom. The standard InChI is InChI=1S/C11H8N2O2S/c14-10-3-4-11(15)13(10)7-1-2-8-9(5-7)16-6-12-8/h1-2,5-6H,3-4H2. The second kappa shape index (κ2) is 3.38. The molecule has 0 bridgehead atoms. The zero-order chi connectivity index (χ0) is 11.1. The Morgan fingerprint density at radius 3 is 2.69 bits per heavy atom. The zero-order valence-corrected chi connectivity index (χ0v) is 9.16. The minimum absolute atomic E-state index is 0.117. The summed E-state index contributed by atoms with van der Waals surface area (Å²) < 4.78 is 0.991. The van der Waals surface area contributed by atoms with Gasteiger partial charge in [0.05, 0.1) is 21.4 Å². The SMILES string of the molecule is O=C1CCC(=O)N1c1ccc2ncsc2c1. The number of imide groups is 1. The normalized spacial score (nSPS) is 16.4. The van der Waals surface area contributed by atoms with Crippen LogP contribution < -0.4 is 4.90 Å². The van der Waals surface area contributed by atoms with Gasteiger partial charge in [-0.2, -0.15) is 0 Å². The molecule has 1 aromatic heterocycles. The lowest BCUT2D eigenvalue weighted by Crippen LogP contribution is -2.28. The van der Waals surface area contributed by atoms with E-state index in [-0.39, 0.29) is 11.8 Å². The molecule has 0 aliphatic carbocycles. The predicted molar refractivity (Wildman–Crippen MR) is 61.3 cm³/mol. The van der Waals surface area contributed by atoms with E-state index in [0.29, 0.717) is 18.5 Å². The monoisotopic (exact) mass is 232 g/mol. The van der Waals surface area contributed by atoms with Gasteiger partial charge in [-0.1, -0.05) is 0 Å². The summed E-state index contributed by atoms with van der Waals surface area (Å²) in [6, 6.07) is 5.44. The number of aromatic nitrogens is 1. The quantitative estimate of drug-likeness (QED) is 0.706. The van der Waals surface area contributed by atoms with E-state index in [1.807, 2.05) is 12.1 Å². The van der Waals surface area contributed by atoms with Crippen LogP contribution in [-0.2, 0) is 9.59 Å². The van der Waals surface area contributed by atoms with Crippen molar-refractivity contribution < 1.29 is 9.59 Å². The third-order valence-corrected chi connectivity index (χ3v) is 3.42. The van der Waals surface area contributed by atoms with Crippen molar-refractivity contribution in [3.8, 4) is 0 Å². The number of carbonyl (C=O) groups excluding carboxylic acids is 2. The highest BCUT2D eigenvalue weighted by Gasteiger charge is 2.30. The van der Waals surface area contributed by atoms with Crippen molar-refractivity contribution in [3.63, 3.8) is 0 Å². The fourth-order valence-electron chi connectivity index (χ4n) is 1.85. The first-order valence-electron chi connectivity index (χ1n) is 4.95. The molecule has 0 spiro atoms. The molecule has 80 valence electrons. The van der Waals surface area contributed by atoms with Crippen LogP contribution in [0.2, 0.25) is 0 Å². The van der Waals surface area contributed by atoms with Gasteiger partial charge < -0.3 is 0 Å². The van der Waals surface area contributed by atoms with E-state index in [9.17, 15) is 9.59 Å². The molecule has 3 rings (SSSR count). The molecule has 1 aliphatic heterocycles. The van der Waals surface area contributed by atoms with Crippen LogP contribution in [0.3, 0.4) is 0 Å². The van der Waals surface area contributed by atoms with Crippen LogP contribution in [0.4, 0.5) is 5.69 Å². The molecule has 0 saturated carbocycles. The highest BCUT2D eigenvalue weighted by Crippen LogP contribution is 2.27. The fourth-order valence-corrected chi connectivity index (χ4v) is 2.56. The molecule has 1 fully saturated rings. The van der Waals surface area contributed by atoms with E-state index in [0.717, 1.165) is 10.2 Å². The lowest BCUT2D eigenvalue weighted by atomic mass is 10.3. The lowest BCUT2D eigenvalue weighted by Gasteiger charge is -2.13. The van der Waals surface area contributed by atoms with Gasteiger partial charge in [0, 0.05) is 12.8 Å². The Balaban J connectivity index is 2.11. The van der Waals surface area contributed by atoms with Gasteiger partial charge >= 0.3 is 0 Å². The van der Waals surface area contributed by atoms with Crippen molar-refractivity contribution in [2.24, 2.45) is 0 Å². The average Bonchev–Trinajstić information content (AvgIpc) is 2.85. The molecule has 0 N–H and O–H groups in total. The van der Waals surface area contributed by atoms with Crippen LogP contribution >= 0.6 is 11.3 Å². The smallest absolute Gasteiger partial charge is 0.234 e. The molecule has 2 aromatic rings. The highest BCUT2D eigenvalue weighted by atomic mass is 32.1. The van der Waals surface area contributed by atoms with Crippen LogP contribution in [0.1, 0.15) is 12.8 Å². The maximum Gasteiger partial charge on any atom is 0.234 e. The van der Waals surface area contributed by atoms with Crippen LogP contribution in [0.25, 0.3) is 10.2 Å². The third kappa shape index (κ3) is 1.32. The van der Waals surface area contributed by atoms with Crippen molar-refractivity contribution in [2.75, 3.05) is 4.90 Å². The lowest BCUT2D eigenvalue weighted by molar-refractivity contribution is -0.121. The molecular formula is C11H8N2O2S. The summed E-state index contributed by atoms with van der Waals surface area (Å²) in [6.07, 6.45) is 0.638. The van der Waals surface area contributed by atoms with Gasteiger partial charge in [-0.25, -0.2) is 4.98 Å². The summed E-state index contributed by atoms with van der Waals surface area (Å²) in [5.74, 6) is -0.234. The number of anilines is 1. The summed E-state index contributed by atoms with van der Waals surface area (Å²) >= 11 is 1.50. The number of amides is 2. The van der Waals surface area contributed by atoms with E-state index >= 15 is 0 Å². The largest absolute Gasteiger partial charge is 0.274 e. The Bertz CT molecular complexity index is 574. The minimum Gasteiger partial charge on any atom is -0.274 e. The number of hydrogen-bond donors (Lipinski definition) is 0. The van der Waals surface area contributed by atoms with Crippen LogP contribution in [0.15, 0.2) is 23.7 Å². The molecule has 1 aliphatic rings. The van der Waals surface area contributed by atoms with E-state index in [2.05, 4.69) is 4.98 Å². The van der Waals surface area contributed by atoms with E-state index in [4.69, 9.17) is 0 Å². The topological polar surface area (TPSA) is 50.3 Å².